The quantitative estimate of drug-likeness (QED) is 0.579. The highest BCUT2D eigenvalue weighted by molar-refractivity contribution is 5.80. The van der Waals surface area contributed by atoms with Gasteiger partial charge in [0.05, 0.1) is 13.2 Å². The molecule has 0 aromatic heterocycles. The molecule has 1 aliphatic carbocycles. The first-order valence-electron chi connectivity index (χ1n) is 8.42. The van der Waals surface area contributed by atoms with Crippen LogP contribution in [0.1, 0.15) is 25.8 Å². The summed E-state index contributed by atoms with van der Waals surface area (Å²) < 4.78 is 11.0. The van der Waals surface area contributed by atoms with Crippen molar-refractivity contribution in [3.8, 4) is 11.5 Å². The summed E-state index contributed by atoms with van der Waals surface area (Å²) >= 11 is 0. The Kier molecular flexibility index (Phi) is 4.58. The van der Waals surface area contributed by atoms with Gasteiger partial charge in [0.15, 0.2) is 5.96 Å². The van der Waals surface area contributed by atoms with E-state index in [9.17, 15) is 5.11 Å². The second-order valence-electron chi connectivity index (χ2n) is 7.11. The third-order valence-corrected chi connectivity index (χ3v) is 5.35. The first kappa shape index (κ1) is 16.9. The van der Waals surface area contributed by atoms with Gasteiger partial charge in [0.1, 0.15) is 11.5 Å². The number of ether oxygens (including phenoxy) is 2. The lowest BCUT2D eigenvalue weighted by Gasteiger charge is -2.54. The van der Waals surface area contributed by atoms with Gasteiger partial charge in [0.25, 0.3) is 0 Å². The molecule has 6 heteroatoms. The van der Waals surface area contributed by atoms with Gasteiger partial charge in [-0.2, -0.15) is 0 Å². The van der Waals surface area contributed by atoms with Gasteiger partial charge < -0.3 is 25.2 Å². The molecule has 2 aliphatic rings. The van der Waals surface area contributed by atoms with Crippen molar-refractivity contribution in [3.05, 3.63) is 23.8 Å². The number of methoxy groups -OCH3 is 1. The molecule has 1 aliphatic heterocycles. The Labute approximate surface area is 143 Å². The predicted octanol–water partition coefficient (Wildman–Crippen LogP) is 1.88. The van der Waals surface area contributed by atoms with E-state index in [4.69, 9.17) is 9.47 Å². The highest BCUT2D eigenvalue weighted by atomic mass is 16.5. The largest absolute Gasteiger partial charge is 0.508 e. The molecule has 132 valence electrons. The summed E-state index contributed by atoms with van der Waals surface area (Å²) in [6, 6.07) is 5.55. The maximum atomic E-state index is 9.99. The topological polar surface area (TPSA) is 75.1 Å². The molecule has 0 spiro atoms. The number of nitrogens with one attached hydrogen (secondary N) is 2. The van der Waals surface area contributed by atoms with E-state index < -0.39 is 0 Å². The normalized spacial score (nSPS) is 28.0. The highest BCUT2D eigenvalue weighted by Gasteiger charge is 2.59. The molecule has 0 radical (unpaired) electrons. The number of rotatable bonds is 4. The molecule has 3 rings (SSSR count). The minimum Gasteiger partial charge on any atom is -0.508 e. The number of benzene rings is 1. The molecule has 1 heterocycles. The zero-order valence-electron chi connectivity index (χ0n) is 14.8. The van der Waals surface area contributed by atoms with Crippen molar-refractivity contribution in [2.24, 2.45) is 16.3 Å². The lowest BCUT2D eigenvalue weighted by atomic mass is 9.57. The van der Waals surface area contributed by atoms with E-state index in [0.717, 1.165) is 30.3 Å². The smallest absolute Gasteiger partial charge is 0.191 e. The lowest BCUT2D eigenvalue weighted by Crippen LogP contribution is -2.67. The average Bonchev–Trinajstić information content (AvgIpc) is 3.03. The van der Waals surface area contributed by atoms with Crippen molar-refractivity contribution >= 4 is 5.96 Å². The Balaban J connectivity index is 1.62. The van der Waals surface area contributed by atoms with Crippen LogP contribution < -0.4 is 15.4 Å². The zero-order chi connectivity index (χ0) is 17.3. The Morgan fingerprint density at radius 1 is 1.46 bits per heavy atom. The molecule has 6 nitrogen and oxygen atoms in total. The van der Waals surface area contributed by atoms with Crippen LogP contribution in [0.25, 0.3) is 0 Å². The number of hydrogen-bond acceptors (Lipinski definition) is 4. The van der Waals surface area contributed by atoms with Crippen LogP contribution in [0.2, 0.25) is 0 Å². The fraction of sp³-hybridized carbons (Fsp3) is 0.611. The molecule has 3 unspecified atom stereocenters. The number of guanidine groups is 1. The molecular formula is C18H27N3O3. The van der Waals surface area contributed by atoms with Crippen molar-refractivity contribution in [3.63, 3.8) is 0 Å². The van der Waals surface area contributed by atoms with Crippen molar-refractivity contribution < 1.29 is 14.6 Å². The van der Waals surface area contributed by atoms with Gasteiger partial charge in [-0.15, -0.1) is 0 Å². The summed E-state index contributed by atoms with van der Waals surface area (Å²) in [4.78, 5) is 4.32. The summed E-state index contributed by atoms with van der Waals surface area (Å²) in [5.74, 6) is 2.25. The first-order valence-corrected chi connectivity index (χ1v) is 8.42. The van der Waals surface area contributed by atoms with E-state index >= 15 is 0 Å². The fourth-order valence-corrected chi connectivity index (χ4v) is 3.97. The molecule has 1 aromatic carbocycles. The number of aliphatic imine (C=N–C) groups is 1. The molecule has 1 aromatic rings. The second-order valence-corrected chi connectivity index (χ2v) is 7.11. The van der Waals surface area contributed by atoms with E-state index in [2.05, 4.69) is 29.5 Å². The van der Waals surface area contributed by atoms with Gasteiger partial charge in [-0.05, 0) is 24.6 Å². The minimum atomic E-state index is 0.0941. The SMILES string of the molecule is CN=C(NCc1cc(OC)ccc1O)NC1C2CCOC2C1(C)C. The van der Waals surface area contributed by atoms with Crippen molar-refractivity contribution in [1.29, 1.82) is 0 Å². The molecule has 2 fully saturated rings. The summed E-state index contributed by atoms with van der Waals surface area (Å²) in [6.07, 6.45) is 1.44. The third kappa shape index (κ3) is 2.90. The highest BCUT2D eigenvalue weighted by Crippen LogP contribution is 2.52. The standard InChI is InChI=1S/C18H27N3O3/c1-18(2)15(13-7-8-24-16(13)18)21-17(19-3)20-10-11-9-12(23-4)5-6-14(11)22/h5-6,9,13,15-16,22H,7-8,10H2,1-4H3,(H2,19,20,21). The van der Waals surface area contributed by atoms with E-state index in [1.165, 1.54) is 0 Å². The Bertz CT molecular complexity index is 630. The predicted molar refractivity (Wildman–Crippen MR) is 93.4 cm³/mol. The zero-order valence-corrected chi connectivity index (χ0v) is 14.8. The van der Waals surface area contributed by atoms with Crippen LogP contribution in [0.4, 0.5) is 0 Å². The Morgan fingerprint density at radius 3 is 2.96 bits per heavy atom. The van der Waals surface area contributed by atoms with Crippen LogP contribution in [0.3, 0.4) is 0 Å². The number of hydrogen-bond donors (Lipinski definition) is 3. The number of nitrogens with zero attached hydrogens (tertiary/aromatic N) is 1. The van der Waals surface area contributed by atoms with E-state index in [1.54, 1.807) is 26.3 Å². The van der Waals surface area contributed by atoms with Crippen molar-refractivity contribution in [2.45, 2.75) is 39.0 Å². The van der Waals surface area contributed by atoms with Crippen LogP contribution in [0, 0.1) is 11.3 Å². The van der Waals surface area contributed by atoms with Crippen LogP contribution in [-0.4, -0.2) is 44.0 Å². The van der Waals surface area contributed by atoms with Gasteiger partial charge in [-0.25, -0.2) is 0 Å². The maximum absolute atomic E-state index is 9.99. The van der Waals surface area contributed by atoms with Gasteiger partial charge in [0.2, 0.25) is 0 Å². The monoisotopic (exact) mass is 333 g/mol. The Hall–Kier alpha value is -1.95. The number of fused-ring (bicyclic) bond motifs is 1. The van der Waals surface area contributed by atoms with Crippen LogP contribution >= 0.6 is 0 Å². The van der Waals surface area contributed by atoms with Gasteiger partial charge in [-0.1, -0.05) is 13.8 Å². The van der Waals surface area contributed by atoms with E-state index in [-0.39, 0.29) is 11.2 Å². The number of phenolic OH excluding ortho intramolecular Hbond substituents is 1. The molecule has 1 saturated heterocycles. The van der Waals surface area contributed by atoms with Crippen LogP contribution in [0.15, 0.2) is 23.2 Å². The molecule has 0 amide bonds. The number of aromatic hydroxyl groups is 1. The van der Waals surface area contributed by atoms with Gasteiger partial charge >= 0.3 is 0 Å². The van der Waals surface area contributed by atoms with Gasteiger partial charge in [-0.3, -0.25) is 4.99 Å². The van der Waals surface area contributed by atoms with Gasteiger partial charge in [0, 0.05) is 43.1 Å². The summed E-state index contributed by atoms with van der Waals surface area (Å²) in [6.45, 7) is 5.79. The molecule has 3 N–H and O–H groups in total. The second kappa shape index (κ2) is 6.51. The van der Waals surface area contributed by atoms with Crippen LogP contribution in [0.5, 0.6) is 11.5 Å². The Morgan fingerprint density at radius 2 is 2.25 bits per heavy atom. The summed E-state index contributed by atoms with van der Waals surface area (Å²) in [5.41, 5.74) is 0.865. The van der Waals surface area contributed by atoms with E-state index in [0.29, 0.717) is 24.6 Å². The average molecular weight is 333 g/mol. The lowest BCUT2D eigenvalue weighted by molar-refractivity contribution is -0.106. The maximum Gasteiger partial charge on any atom is 0.191 e. The first-order chi connectivity index (χ1) is 11.5. The van der Waals surface area contributed by atoms with E-state index in [1.807, 2.05) is 6.07 Å². The van der Waals surface area contributed by atoms with Crippen molar-refractivity contribution in [1.82, 2.24) is 10.6 Å². The molecule has 3 atom stereocenters. The molecule has 0 bridgehead atoms. The molecular weight excluding hydrogens is 306 g/mol. The number of phenols is 1. The third-order valence-electron chi connectivity index (χ3n) is 5.35. The summed E-state index contributed by atoms with van der Waals surface area (Å²) in [5, 5.41) is 16.8. The minimum absolute atomic E-state index is 0.0941. The molecule has 1 saturated carbocycles. The molecule has 24 heavy (non-hydrogen) atoms. The fourth-order valence-electron chi connectivity index (χ4n) is 3.97. The summed E-state index contributed by atoms with van der Waals surface area (Å²) in [7, 11) is 3.37. The van der Waals surface area contributed by atoms with Crippen LogP contribution in [-0.2, 0) is 11.3 Å². The van der Waals surface area contributed by atoms with Crippen molar-refractivity contribution in [2.75, 3.05) is 20.8 Å².